The van der Waals surface area contributed by atoms with E-state index in [0.717, 1.165) is 0 Å². The first kappa shape index (κ1) is 15.1. The van der Waals surface area contributed by atoms with Gasteiger partial charge in [-0.2, -0.15) is 5.26 Å². The Kier molecular flexibility index (Phi) is 8.26. The summed E-state index contributed by atoms with van der Waals surface area (Å²) in [6, 6.07) is 0. The molecule has 0 bridgehead atoms. The zero-order chi connectivity index (χ0) is 11.1. The van der Waals surface area contributed by atoms with Gasteiger partial charge in [0.1, 0.15) is 5.40 Å². The lowest BCUT2D eigenvalue weighted by Gasteiger charge is -2.02. The molecule has 0 aliphatic heterocycles. The van der Waals surface area contributed by atoms with Crippen molar-refractivity contribution >= 4 is 57.6 Å². The Bertz CT molecular complexity index is 229. The molecule has 0 fully saturated rings. The second kappa shape index (κ2) is 7.09. The van der Waals surface area contributed by atoms with E-state index in [1.165, 1.54) is 5.40 Å². The molecule has 0 aliphatic rings. The van der Waals surface area contributed by atoms with Crippen molar-refractivity contribution in [3.63, 3.8) is 0 Å². The van der Waals surface area contributed by atoms with Gasteiger partial charge < -0.3 is 11.5 Å². The van der Waals surface area contributed by atoms with Crippen molar-refractivity contribution in [1.29, 1.82) is 10.7 Å². The highest BCUT2D eigenvalue weighted by molar-refractivity contribution is 8.18. The lowest BCUT2D eigenvalue weighted by atomic mass is 10.9. The van der Waals surface area contributed by atoms with E-state index in [4.69, 9.17) is 45.5 Å². The van der Waals surface area contributed by atoms with Gasteiger partial charge in [-0.05, 0) is 0 Å². The van der Waals surface area contributed by atoms with Crippen molar-refractivity contribution in [3.05, 3.63) is 0 Å². The molecule has 9 heteroatoms. The maximum Gasteiger partial charge on any atom is 0.260 e. The number of nitrogens with zero attached hydrogens (tertiary/aromatic N) is 1. The second-order valence-corrected chi connectivity index (χ2v) is 4.47. The zero-order valence-corrected chi connectivity index (χ0v) is 9.14. The van der Waals surface area contributed by atoms with E-state index in [-0.39, 0.29) is 5.96 Å². The molecule has 0 saturated carbocycles. The van der Waals surface area contributed by atoms with E-state index in [9.17, 15) is 4.79 Å². The minimum absolute atomic E-state index is 0.309. The number of hydrogen-bond donors (Lipinski definition) is 3. The van der Waals surface area contributed by atoms with Crippen LogP contribution in [0, 0.1) is 16.1 Å². The predicted octanol–water partition coefficient (Wildman–Crippen LogP) is 0.936. The fourth-order valence-electron chi connectivity index (χ4n) is 0.0993. The van der Waals surface area contributed by atoms with Crippen LogP contribution in [0.15, 0.2) is 0 Å². The van der Waals surface area contributed by atoms with Crippen LogP contribution < -0.4 is 11.5 Å². The van der Waals surface area contributed by atoms with E-state index >= 15 is 0 Å². The Morgan fingerprint density at radius 2 is 1.77 bits per heavy atom. The molecular formula is C4H5Cl3N4OS. The first-order chi connectivity index (χ1) is 5.71. The lowest BCUT2D eigenvalue weighted by molar-refractivity contribution is -0.110. The smallest absolute Gasteiger partial charge is 0.260 e. The third-order valence-corrected chi connectivity index (χ3v) is 1.80. The van der Waals surface area contributed by atoms with Gasteiger partial charge in [-0.25, -0.2) is 0 Å². The lowest BCUT2D eigenvalue weighted by Crippen LogP contribution is -2.20. The van der Waals surface area contributed by atoms with Gasteiger partial charge in [0.25, 0.3) is 8.91 Å². The number of thioether (sulfide) groups is 1. The molecule has 0 heterocycles. The van der Waals surface area contributed by atoms with Crippen molar-refractivity contribution in [2.75, 3.05) is 0 Å². The molecule has 0 spiro atoms. The van der Waals surface area contributed by atoms with Crippen molar-refractivity contribution in [2.45, 2.75) is 3.79 Å². The van der Waals surface area contributed by atoms with E-state index in [1.807, 2.05) is 0 Å². The summed E-state index contributed by atoms with van der Waals surface area (Å²) < 4.78 is -1.97. The van der Waals surface area contributed by atoms with Gasteiger partial charge in [-0.3, -0.25) is 10.2 Å². The number of thiocyanates is 1. The van der Waals surface area contributed by atoms with Crippen molar-refractivity contribution in [3.8, 4) is 5.40 Å². The van der Waals surface area contributed by atoms with Crippen LogP contribution in [0.5, 0.6) is 0 Å². The number of carbonyl (C=O) groups excluding carboxylic acids is 1. The monoisotopic (exact) mass is 262 g/mol. The predicted molar refractivity (Wildman–Crippen MR) is 54.6 cm³/mol. The van der Waals surface area contributed by atoms with Crippen LogP contribution in [0.25, 0.3) is 0 Å². The number of alkyl halides is 3. The fraction of sp³-hybridized carbons (Fsp3) is 0.250. The van der Waals surface area contributed by atoms with E-state index in [0.29, 0.717) is 11.8 Å². The summed E-state index contributed by atoms with van der Waals surface area (Å²) in [5.74, 6) is -0.333. The molecule has 74 valence electrons. The van der Waals surface area contributed by atoms with Crippen LogP contribution in [-0.2, 0) is 4.79 Å². The number of halogens is 3. The molecule has 0 aromatic heterocycles. The number of nitriles is 1. The highest BCUT2D eigenvalue weighted by atomic mass is 35.6. The third kappa shape index (κ3) is 14.5. The van der Waals surface area contributed by atoms with Crippen LogP contribution in [-0.4, -0.2) is 14.9 Å². The molecule has 0 radical (unpaired) electrons. The first-order valence-electron chi connectivity index (χ1n) is 2.48. The maximum atomic E-state index is 10.4. The van der Waals surface area contributed by atoms with Gasteiger partial charge >= 0.3 is 0 Å². The average Bonchev–Trinajstić information content (AvgIpc) is 1.84. The van der Waals surface area contributed by atoms with E-state index in [1.54, 1.807) is 0 Å². The topological polar surface area (TPSA) is 117 Å². The molecule has 0 amide bonds. The van der Waals surface area contributed by atoms with Crippen molar-refractivity contribution in [2.24, 2.45) is 11.5 Å². The number of nitrogens with one attached hydrogen (secondary N) is 1. The van der Waals surface area contributed by atoms with Gasteiger partial charge in [-0.1, -0.05) is 34.8 Å². The molecule has 0 aromatic carbocycles. The molecule has 0 unspecified atom stereocenters. The normalized spacial score (nSPS) is 9.08. The number of rotatable bonds is 0. The third-order valence-electron chi connectivity index (χ3n) is 0.370. The Labute approximate surface area is 93.8 Å². The Balaban J connectivity index is 0. The number of guanidine groups is 1. The number of nitrogens with two attached hydrogens (primary N) is 2. The zero-order valence-electron chi connectivity index (χ0n) is 6.05. The first-order valence-corrected chi connectivity index (χ1v) is 4.43. The second-order valence-electron chi connectivity index (χ2n) is 1.43. The Hall–Kier alpha value is -0.350. The van der Waals surface area contributed by atoms with Gasteiger partial charge in [0.05, 0.1) is 0 Å². The van der Waals surface area contributed by atoms with E-state index < -0.39 is 8.91 Å². The summed E-state index contributed by atoms with van der Waals surface area (Å²) in [6.07, 6.45) is 0. The van der Waals surface area contributed by atoms with E-state index in [2.05, 4.69) is 11.5 Å². The molecule has 5 N–H and O–H groups in total. The summed E-state index contributed by atoms with van der Waals surface area (Å²) in [7, 11) is 0. The van der Waals surface area contributed by atoms with Crippen molar-refractivity contribution < 1.29 is 4.79 Å². The van der Waals surface area contributed by atoms with Gasteiger partial charge in [0.2, 0.25) is 0 Å². The van der Waals surface area contributed by atoms with Gasteiger partial charge in [0.15, 0.2) is 5.96 Å². The Morgan fingerprint density at radius 3 is 1.85 bits per heavy atom. The highest BCUT2D eigenvalue weighted by Gasteiger charge is 2.30. The van der Waals surface area contributed by atoms with Crippen LogP contribution in [0.1, 0.15) is 0 Å². The van der Waals surface area contributed by atoms with Gasteiger partial charge in [-0.15, -0.1) is 0 Å². The molecule has 0 aliphatic carbocycles. The summed E-state index contributed by atoms with van der Waals surface area (Å²) >= 11 is 15.5. The van der Waals surface area contributed by atoms with Gasteiger partial charge in [0, 0.05) is 11.8 Å². The SMILES string of the molecule is N#CSC(=O)C(Cl)(Cl)Cl.N=C(N)N. The molecular weight excluding hydrogens is 258 g/mol. The highest BCUT2D eigenvalue weighted by Crippen LogP contribution is 2.31. The largest absolute Gasteiger partial charge is 0.370 e. The van der Waals surface area contributed by atoms with Crippen LogP contribution in [0.3, 0.4) is 0 Å². The number of hydrogen-bond acceptors (Lipinski definition) is 4. The van der Waals surface area contributed by atoms with Crippen molar-refractivity contribution in [1.82, 2.24) is 0 Å². The fourth-order valence-corrected chi connectivity index (χ4v) is 0.645. The summed E-state index contributed by atoms with van der Waals surface area (Å²) in [6.45, 7) is 0. The quantitative estimate of drug-likeness (QED) is 0.260. The summed E-state index contributed by atoms with van der Waals surface area (Å²) in [5, 5.41) is 14.7. The molecule has 0 saturated heterocycles. The molecule has 0 rings (SSSR count). The Morgan fingerprint density at radius 1 is 1.46 bits per heavy atom. The number of carbonyl (C=O) groups is 1. The molecule has 5 nitrogen and oxygen atoms in total. The standard InChI is InChI=1S/C3Cl3NOS.CH5N3/c4-3(5,6)2(8)9-1-7;2-1(3)4/h;(H5,2,3,4). The average molecular weight is 264 g/mol. The summed E-state index contributed by atoms with van der Waals surface area (Å²) in [4.78, 5) is 10.4. The van der Waals surface area contributed by atoms with Crippen LogP contribution >= 0.6 is 46.6 Å². The maximum absolute atomic E-state index is 10.4. The molecule has 0 aromatic rings. The molecule has 0 atom stereocenters. The minimum atomic E-state index is -1.97. The summed E-state index contributed by atoms with van der Waals surface area (Å²) in [5.41, 5.74) is 8.94. The minimum Gasteiger partial charge on any atom is -0.370 e. The van der Waals surface area contributed by atoms with Crippen LogP contribution in [0.4, 0.5) is 0 Å². The van der Waals surface area contributed by atoms with Crippen LogP contribution in [0.2, 0.25) is 0 Å². The molecule has 13 heavy (non-hydrogen) atoms.